The number of hydrogen-bond acceptors (Lipinski definition) is 3. The number of rotatable bonds is 4. The first-order chi connectivity index (χ1) is 9.58. The van der Waals surface area contributed by atoms with E-state index >= 15 is 0 Å². The first-order valence-corrected chi connectivity index (χ1v) is 6.96. The summed E-state index contributed by atoms with van der Waals surface area (Å²) in [5, 5.41) is 6.07. The molecular weight excluding hydrogens is 259 g/mol. The summed E-state index contributed by atoms with van der Waals surface area (Å²) in [5.74, 6) is -0.159. The second-order valence-electron chi connectivity index (χ2n) is 5.21. The molecule has 5 heteroatoms. The van der Waals surface area contributed by atoms with Crippen molar-refractivity contribution in [3.05, 3.63) is 35.6 Å². The highest BCUT2D eigenvalue weighted by molar-refractivity contribution is 5.82. The third-order valence-corrected chi connectivity index (χ3v) is 3.62. The van der Waals surface area contributed by atoms with Crippen molar-refractivity contribution >= 4 is 5.91 Å². The highest BCUT2D eigenvalue weighted by Crippen LogP contribution is 2.14. The third kappa shape index (κ3) is 3.77. The standard InChI is InChI=1S/C15H21FN2O2/c1-10(12-3-5-13(16)6-4-12)9-18-15(19)14-11(2)20-8-7-17-14/h3-6,10-11,14,17H,7-9H2,1-2H3,(H,18,19)/t10?,11-,14+/m1/s1. The number of ether oxygens (including phenoxy) is 1. The molecule has 0 radical (unpaired) electrons. The second-order valence-corrected chi connectivity index (χ2v) is 5.21. The van der Waals surface area contributed by atoms with Gasteiger partial charge < -0.3 is 15.4 Å². The summed E-state index contributed by atoms with van der Waals surface area (Å²) >= 11 is 0. The fourth-order valence-corrected chi connectivity index (χ4v) is 2.30. The van der Waals surface area contributed by atoms with Gasteiger partial charge in [0, 0.05) is 13.1 Å². The molecule has 0 bridgehead atoms. The van der Waals surface area contributed by atoms with Crippen molar-refractivity contribution in [1.29, 1.82) is 0 Å². The lowest BCUT2D eigenvalue weighted by Gasteiger charge is -2.29. The molecule has 1 aliphatic rings. The van der Waals surface area contributed by atoms with Crippen LogP contribution in [0.25, 0.3) is 0 Å². The van der Waals surface area contributed by atoms with Gasteiger partial charge in [-0.05, 0) is 30.5 Å². The van der Waals surface area contributed by atoms with E-state index in [4.69, 9.17) is 4.74 Å². The molecule has 1 aliphatic heterocycles. The Labute approximate surface area is 118 Å². The maximum atomic E-state index is 12.9. The van der Waals surface area contributed by atoms with Crippen LogP contribution in [0.1, 0.15) is 25.3 Å². The summed E-state index contributed by atoms with van der Waals surface area (Å²) in [4.78, 5) is 12.1. The Kier molecular flexibility index (Phi) is 5.09. The van der Waals surface area contributed by atoms with Gasteiger partial charge in [-0.25, -0.2) is 4.39 Å². The van der Waals surface area contributed by atoms with Gasteiger partial charge in [0.1, 0.15) is 11.9 Å². The minimum absolute atomic E-state index is 0.0499. The molecule has 2 N–H and O–H groups in total. The van der Waals surface area contributed by atoms with Gasteiger partial charge in [0.05, 0.1) is 12.7 Å². The van der Waals surface area contributed by atoms with Crippen LogP contribution in [0.2, 0.25) is 0 Å². The van der Waals surface area contributed by atoms with E-state index in [1.807, 2.05) is 13.8 Å². The molecule has 20 heavy (non-hydrogen) atoms. The minimum Gasteiger partial charge on any atom is -0.375 e. The van der Waals surface area contributed by atoms with Crippen LogP contribution in [0.4, 0.5) is 4.39 Å². The molecule has 110 valence electrons. The van der Waals surface area contributed by atoms with Crippen molar-refractivity contribution in [2.24, 2.45) is 0 Å². The lowest BCUT2D eigenvalue weighted by Crippen LogP contribution is -2.55. The lowest BCUT2D eigenvalue weighted by molar-refractivity contribution is -0.128. The smallest absolute Gasteiger partial charge is 0.239 e. The van der Waals surface area contributed by atoms with E-state index in [2.05, 4.69) is 10.6 Å². The van der Waals surface area contributed by atoms with Gasteiger partial charge in [-0.3, -0.25) is 4.79 Å². The Balaban J connectivity index is 1.84. The molecule has 0 aromatic heterocycles. The fourth-order valence-electron chi connectivity index (χ4n) is 2.30. The molecule has 2 rings (SSSR count). The first kappa shape index (κ1) is 14.9. The molecule has 3 atom stereocenters. The van der Waals surface area contributed by atoms with Crippen LogP contribution in [0, 0.1) is 5.82 Å². The summed E-state index contributed by atoms with van der Waals surface area (Å²) in [6.45, 7) is 5.74. The van der Waals surface area contributed by atoms with Gasteiger partial charge in [0.15, 0.2) is 0 Å². The zero-order valence-electron chi connectivity index (χ0n) is 11.9. The molecule has 0 aliphatic carbocycles. The van der Waals surface area contributed by atoms with Crippen LogP contribution in [0.15, 0.2) is 24.3 Å². The van der Waals surface area contributed by atoms with Crippen molar-refractivity contribution in [3.63, 3.8) is 0 Å². The molecule has 1 saturated heterocycles. The Hall–Kier alpha value is -1.46. The number of halogens is 1. The number of nitrogens with one attached hydrogen (secondary N) is 2. The number of morpholine rings is 1. The van der Waals surface area contributed by atoms with Crippen LogP contribution in [0.5, 0.6) is 0 Å². The van der Waals surface area contributed by atoms with Gasteiger partial charge in [-0.1, -0.05) is 19.1 Å². The molecular formula is C15H21FN2O2. The fraction of sp³-hybridized carbons (Fsp3) is 0.533. The van der Waals surface area contributed by atoms with E-state index in [0.29, 0.717) is 19.7 Å². The monoisotopic (exact) mass is 280 g/mol. The van der Waals surface area contributed by atoms with Crippen molar-refractivity contribution in [3.8, 4) is 0 Å². The van der Waals surface area contributed by atoms with Gasteiger partial charge in [-0.2, -0.15) is 0 Å². The summed E-state index contributed by atoms with van der Waals surface area (Å²) in [6.07, 6.45) is -0.120. The van der Waals surface area contributed by atoms with E-state index < -0.39 is 0 Å². The zero-order valence-corrected chi connectivity index (χ0v) is 11.9. The summed E-state index contributed by atoms with van der Waals surface area (Å²) in [5.41, 5.74) is 1.01. The molecule has 1 unspecified atom stereocenters. The van der Waals surface area contributed by atoms with Crippen molar-refractivity contribution in [1.82, 2.24) is 10.6 Å². The Bertz CT molecular complexity index is 450. The normalized spacial score (nSPS) is 24.1. The van der Waals surface area contributed by atoms with E-state index in [9.17, 15) is 9.18 Å². The predicted octanol–water partition coefficient (Wildman–Crippen LogP) is 1.42. The van der Waals surface area contributed by atoms with Crippen LogP contribution < -0.4 is 10.6 Å². The minimum atomic E-state index is -0.302. The summed E-state index contributed by atoms with van der Waals surface area (Å²) in [7, 11) is 0. The van der Waals surface area contributed by atoms with Gasteiger partial charge in [0.2, 0.25) is 5.91 Å². The Morgan fingerprint density at radius 2 is 2.20 bits per heavy atom. The predicted molar refractivity (Wildman–Crippen MR) is 75.0 cm³/mol. The van der Waals surface area contributed by atoms with Crippen molar-refractivity contribution in [2.75, 3.05) is 19.7 Å². The maximum Gasteiger partial charge on any atom is 0.239 e. The number of carbonyl (C=O) groups is 1. The topological polar surface area (TPSA) is 50.4 Å². The molecule has 1 heterocycles. The number of carbonyl (C=O) groups excluding carboxylic acids is 1. The molecule has 0 spiro atoms. The van der Waals surface area contributed by atoms with Crippen molar-refractivity contribution in [2.45, 2.75) is 31.9 Å². The van der Waals surface area contributed by atoms with E-state index in [1.165, 1.54) is 12.1 Å². The second kappa shape index (κ2) is 6.81. The third-order valence-electron chi connectivity index (χ3n) is 3.62. The quantitative estimate of drug-likeness (QED) is 0.877. The maximum absolute atomic E-state index is 12.9. The Morgan fingerprint density at radius 3 is 2.85 bits per heavy atom. The largest absolute Gasteiger partial charge is 0.375 e. The van der Waals surface area contributed by atoms with Crippen LogP contribution in [-0.2, 0) is 9.53 Å². The average Bonchev–Trinajstić information content (AvgIpc) is 2.45. The zero-order chi connectivity index (χ0) is 14.5. The van der Waals surface area contributed by atoms with Crippen LogP contribution in [0.3, 0.4) is 0 Å². The molecule has 1 amide bonds. The van der Waals surface area contributed by atoms with Crippen LogP contribution >= 0.6 is 0 Å². The van der Waals surface area contributed by atoms with Gasteiger partial charge in [-0.15, -0.1) is 0 Å². The molecule has 4 nitrogen and oxygen atoms in total. The summed E-state index contributed by atoms with van der Waals surface area (Å²) < 4.78 is 18.3. The SMILES string of the molecule is CC(CNC(=O)[C@H]1NCCO[C@@H]1C)c1ccc(F)cc1. The number of amides is 1. The first-order valence-electron chi connectivity index (χ1n) is 6.96. The lowest BCUT2D eigenvalue weighted by atomic mass is 10.0. The number of hydrogen-bond donors (Lipinski definition) is 2. The van der Waals surface area contributed by atoms with Gasteiger partial charge in [0.25, 0.3) is 0 Å². The molecule has 1 aromatic rings. The van der Waals surface area contributed by atoms with Crippen LogP contribution in [-0.4, -0.2) is 37.7 Å². The van der Waals surface area contributed by atoms with E-state index in [-0.39, 0.29) is 29.8 Å². The van der Waals surface area contributed by atoms with E-state index in [0.717, 1.165) is 5.56 Å². The molecule has 1 aromatic carbocycles. The van der Waals surface area contributed by atoms with Crippen molar-refractivity contribution < 1.29 is 13.9 Å². The average molecular weight is 280 g/mol. The number of benzene rings is 1. The summed E-state index contributed by atoms with van der Waals surface area (Å²) in [6, 6.07) is 6.07. The molecule has 1 fully saturated rings. The molecule has 0 saturated carbocycles. The van der Waals surface area contributed by atoms with E-state index in [1.54, 1.807) is 12.1 Å². The van der Waals surface area contributed by atoms with Gasteiger partial charge >= 0.3 is 0 Å². The highest BCUT2D eigenvalue weighted by atomic mass is 19.1. The highest BCUT2D eigenvalue weighted by Gasteiger charge is 2.28. The Morgan fingerprint density at radius 1 is 1.50 bits per heavy atom.